The van der Waals surface area contributed by atoms with Crippen LogP contribution in [-0.2, 0) is 9.13 Å². The largest absolute Gasteiger partial charge is 0.356 e. The van der Waals surface area contributed by atoms with Crippen molar-refractivity contribution in [2.75, 3.05) is 0 Å². The maximum atomic E-state index is 11.3. The molecule has 0 atom stereocenters. The van der Waals surface area contributed by atoms with Crippen LogP contribution in [0.5, 0.6) is 0 Å². The van der Waals surface area contributed by atoms with Gasteiger partial charge in [0, 0.05) is 0 Å². The highest BCUT2D eigenvalue weighted by Crippen LogP contribution is 2.38. The maximum absolute atomic E-state index is 11.3. The van der Waals surface area contributed by atoms with Crippen LogP contribution >= 0.6 is 15.2 Å². The van der Waals surface area contributed by atoms with Crippen molar-refractivity contribution < 1.29 is 28.7 Å². The summed E-state index contributed by atoms with van der Waals surface area (Å²) in [6.07, 6.45) is 0. The minimum Gasteiger partial charge on any atom is -0.321 e. The highest BCUT2D eigenvalue weighted by Gasteiger charge is 2.23. The molecule has 6 nitrogen and oxygen atoms in total. The average Bonchev–Trinajstić information content (AvgIpc) is 2.25. The second kappa shape index (κ2) is 4.28. The first-order valence-electron chi connectivity index (χ1n) is 4.84. The van der Waals surface area contributed by atoms with Crippen LogP contribution in [0.1, 0.15) is 0 Å². The van der Waals surface area contributed by atoms with E-state index in [1.165, 1.54) is 24.3 Å². The molecule has 0 heterocycles. The highest BCUT2D eigenvalue weighted by atomic mass is 31.2. The van der Waals surface area contributed by atoms with E-state index in [9.17, 15) is 18.9 Å². The Kier molecular flexibility index (Phi) is 3.19. The van der Waals surface area contributed by atoms with Crippen molar-refractivity contribution in [2.24, 2.45) is 0 Å². The molecule has 0 aromatic heterocycles. The van der Waals surface area contributed by atoms with Crippen LogP contribution in [-0.4, -0.2) is 19.6 Å². The lowest BCUT2D eigenvalue weighted by Gasteiger charge is -2.10. The Bertz CT molecular complexity index is 699. The lowest BCUT2D eigenvalue weighted by atomic mass is 10.1. The van der Waals surface area contributed by atoms with Crippen molar-refractivity contribution >= 4 is 36.6 Å². The second-order valence-corrected chi connectivity index (χ2v) is 6.94. The van der Waals surface area contributed by atoms with E-state index in [0.29, 0.717) is 5.39 Å². The normalized spacial score (nSPS) is 12.9. The molecule has 0 saturated heterocycles. The number of hydrogen-bond acceptors (Lipinski definition) is 2. The third kappa shape index (κ3) is 2.54. The van der Waals surface area contributed by atoms with Gasteiger partial charge >= 0.3 is 15.2 Å². The molecule has 96 valence electrons. The Morgan fingerprint density at radius 2 is 1.50 bits per heavy atom. The summed E-state index contributed by atoms with van der Waals surface area (Å²) in [5, 5.41) is 0.144. The van der Waals surface area contributed by atoms with Crippen molar-refractivity contribution in [1.29, 1.82) is 0 Å². The number of hydrogen-bond donors (Lipinski definition) is 4. The zero-order chi connectivity index (χ0) is 13.6. The van der Waals surface area contributed by atoms with Crippen molar-refractivity contribution in [2.45, 2.75) is 0 Å². The van der Waals surface area contributed by atoms with Crippen LogP contribution in [0, 0.1) is 0 Å². The second-order valence-electron chi connectivity index (χ2n) is 3.77. The third-order valence-electron chi connectivity index (χ3n) is 2.49. The van der Waals surface area contributed by atoms with Gasteiger partial charge in [-0.25, -0.2) is 0 Å². The van der Waals surface area contributed by atoms with Crippen LogP contribution in [0.25, 0.3) is 10.8 Å². The van der Waals surface area contributed by atoms with Crippen LogP contribution in [0.4, 0.5) is 0 Å². The van der Waals surface area contributed by atoms with Crippen molar-refractivity contribution in [3.8, 4) is 0 Å². The van der Waals surface area contributed by atoms with E-state index in [4.69, 9.17) is 9.79 Å². The summed E-state index contributed by atoms with van der Waals surface area (Å²) >= 11 is 0. The maximum Gasteiger partial charge on any atom is 0.356 e. The Morgan fingerprint density at radius 3 is 2.06 bits per heavy atom. The summed E-state index contributed by atoms with van der Waals surface area (Å²) < 4.78 is 22.4. The zero-order valence-corrected chi connectivity index (χ0v) is 10.8. The van der Waals surface area contributed by atoms with Gasteiger partial charge in [-0.15, -0.1) is 0 Å². The van der Waals surface area contributed by atoms with Gasteiger partial charge in [-0.3, -0.25) is 9.13 Å². The molecule has 2 rings (SSSR count). The van der Waals surface area contributed by atoms with Crippen molar-refractivity contribution in [3.05, 3.63) is 36.4 Å². The molecular weight excluding hydrogens is 278 g/mol. The summed E-state index contributed by atoms with van der Waals surface area (Å²) in [5.41, 5.74) is 0. The van der Waals surface area contributed by atoms with Gasteiger partial charge in [-0.2, -0.15) is 0 Å². The topological polar surface area (TPSA) is 115 Å². The van der Waals surface area contributed by atoms with Crippen molar-refractivity contribution in [1.82, 2.24) is 0 Å². The molecular formula is C10H10O6P2. The Morgan fingerprint density at radius 1 is 0.833 bits per heavy atom. The van der Waals surface area contributed by atoms with Gasteiger partial charge in [-0.1, -0.05) is 18.2 Å². The first-order chi connectivity index (χ1) is 8.19. The van der Waals surface area contributed by atoms with Crippen LogP contribution in [0.3, 0.4) is 0 Å². The van der Waals surface area contributed by atoms with Gasteiger partial charge in [0.25, 0.3) is 0 Å². The molecule has 2 aromatic rings. The minimum absolute atomic E-state index is 0.145. The molecule has 0 radical (unpaired) electrons. The lowest BCUT2D eigenvalue weighted by molar-refractivity contribution is 0.385. The fourth-order valence-electron chi connectivity index (χ4n) is 1.68. The van der Waals surface area contributed by atoms with Gasteiger partial charge < -0.3 is 19.6 Å². The molecule has 4 N–H and O–H groups in total. The summed E-state index contributed by atoms with van der Waals surface area (Å²) in [6, 6.07) is 8.11. The molecule has 0 amide bonds. The number of benzene rings is 2. The monoisotopic (exact) mass is 288 g/mol. The fraction of sp³-hybridized carbons (Fsp3) is 0. The lowest BCUT2D eigenvalue weighted by Crippen LogP contribution is -2.09. The standard InChI is InChI=1S/C10H10O6P2/c11-17(12,13)8-5-4-7-2-1-3-10(9(7)6-8)18(14,15)16/h1-6H,(H2,11,12,13)(H2,14,15,16). The number of fused-ring (bicyclic) bond motifs is 1. The summed E-state index contributed by atoms with van der Waals surface area (Å²) in [6.45, 7) is 0. The average molecular weight is 288 g/mol. The number of rotatable bonds is 2. The van der Waals surface area contributed by atoms with Crippen LogP contribution < -0.4 is 10.6 Å². The Balaban J connectivity index is 2.83. The van der Waals surface area contributed by atoms with Crippen LogP contribution in [0.15, 0.2) is 36.4 Å². The molecule has 2 aromatic carbocycles. The molecule has 0 aliphatic carbocycles. The molecule has 0 unspecified atom stereocenters. The SMILES string of the molecule is O=P(O)(O)c1ccc2cccc(P(=O)(O)O)c2c1. The molecule has 0 bridgehead atoms. The Hall–Kier alpha value is -1.00. The highest BCUT2D eigenvalue weighted by molar-refractivity contribution is 7.61. The first kappa shape index (κ1) is 13.4. The predicted octanol–water partition coefficient (Wildman–Crippen LogP) is 0.446. The molecule has 0 aliphatic heterocycles. The summed E-state index contributed by atoms with van der Waals surface area (Å²) in [4.78, 5) is 36.5. The van der Waals surface area contributed by atoms with E-state index in [0.717, 1.165) is 6.07 Å². The van der Waals surface area contributed by atoms with E-state index in [-0.39, 0.29) is 16.0 Å². The van der Waals surface area contributed by atoms with Gasteiger partial charge in [0.05, 0.1) is 10.6 Å². The third-order valence-corrected chi connectivity index (χ3v) is 4.46. The summed E-state index contributed by atoms with van der Waals surface area (Å²) in [5.74, 6) is 0. The van der Waals surface area contributed by atoms with Gasteiger partial charge in [-0.05, 0) is 29.0 Å². The van der Waals surface area contributed by atoms with Gasteiger partial charge in [0.2, 0.25) is 0 Å². The van der Waals surface area contributed by atoms with E-state index in [1.807, 2.05) is 0 Å². The zero-order valence-electron chi connectivity index (χ0n) is 8.96. The van der Waals surface area contributed by atoms with E-state index in [1.54, 1.807) is 6.07 Å². The summed E-state index contributed by atoms with van der Waals surface area (Å²) in [7, 11) is -8.94. The molecule has 8 heteroatoms. The quantitative estimate of drug-likeness (QED) is 0.596. The molecule has 0 aliphatic rings. The first-order valence-corrected chi connectivity index (χ1v) is 8.07. The molecule has 0 saturated carbocycles. The smallest absolute Gasteiger partial charge is 0.321 e. The van der Waals surface area contributed by atoms with E-state index >= 15 is 0 Å². The molecule has 18 heavy (non-hydrogen) atoms. The van der Waals surface area contributed by atoms with Gasteiger partial charge in [0.15, 0.2) is 0 Å². The molecule has 0 fully saturated rings. The Labute approximate surface area is 102 Å². The van der Waals surface area contributed by atoms with E-state index in [2.05, 4.69) is 0 Å². The minimum atomic E-state index is -4.49. The molecule has 0 spiro atoms. The van der Waals surface area contributed by atoms with Crippen molar-refractivity contribution in [3.63, 3.8) is 0 Å². The predicted molar refractivity (Wildman–Crippen MR) is 67.3 cm³/mol. The van der Waals surface area contributed by atoms with E-state index < -0.39 is 15.2 Å². The van der Waals surface area contributed by atoms with Gasteiger partial charge in [0.1, 0.15) is 0 Å². The van der Waals surface area contributed by atoms with Crippen LogP contribution in [0.2, 0.25) is 0 Å². The fourth-order valence-corrected chi connectivity index (χ4v) is 3.03.